The molecule has 0 saturated carbocycles. The van der Waals surface area contributed by atoms with Crippen LogP contribution in [-0.2, 0) is 11.8 Å². The predicted molar refractivity (Wildman–Crippen MR) is 86.7 cm³/mol. The average molecular weight is 300 g/mol. The second-order valence-corrected chi connectivity index (χ2v) is 5.92. The van der Waals surface area contributed by atoms with Crippen molar-refractivity contribution in [1.29, 1.82) is 0 Å². The van der Waals surface area contributed by atoms with Crippen molar-refractivity contribution in [3.63, 3.8) is 0 Å². The van der Waals surface area contributed by atoms with E-state index in [9.17, 15) is 0 Å². The van der Waals surface area contributed by atoms with Crippen LogP contribution in [0.2, 0.25) is 0 Å². The number of aromatic nitrogens is 3. The molecule has 5 heteroatoms. The van der Waals surface area contributed by atoms with Gasteiger partial charge in [0.2, 0.25) is 0 Å². The molecular formula is C17H24N4O. The number of pyridine rings is 1. The Hall–Kier alpha value is -1.72. The van der Waals surface area contributed by atoms with Gasteiger partial charge in [0, 0.05) is 45.1 Å². The SMILES string of the molecule is COCCN1CCC[C@H](c2cccc(-c3ccnn3C)n2)C1. The van der Waals surface area contributed by atoms with Gasteiger partial charge in [-0.2, -0.15) is 5.10 Å². The van der Waals surface area contributed by atoms with Gasteiger partial charge in [-0.05, 0) is 37.6 Å². The molecule has 0 aromatic carbocycles. The minimum absolute atomic E-state index is 0.513. The molecule has 118 valence electrons. The van der Waals surface area contributed by atoms with Gasteiger partial charge in [-0.15, -0.1) is 0 Å². The van der Waals surface area contributed by atoms with Gasteiger partial charge in [0.05, 0.1) is 18.0 Å². The lowest BCUT2D eigenvalue weighted by molar-refractivity contribution is 0.127. The zero-order valence-corrected chi connectivity index (χ0v) is 13.4. The first-order valence-electron chi connectivity index (χ1n) is 7.94. The Morgan fingerprint density at radius 3 is 3.00 bits per heavy atom. The van der Waals surface area contributed by atoms with Crippen LogP contribution in [0.15, 0.2) is 30.5 Å². The molecule has 3 rings (SSSR count). The monoisotopic (exact) mass is 300 g/mol. The zero-order chi connectivity index (χ0) is 15.4. The fraction of sp³-hybridized carbons (Fsp3) is 0.529. The van der Waals surface area contributed by atoms with E-state index in [-0.39, 0.29) is 0 Å². The van der Waals surface area contributed by atoms with E-state index in [1.54, 1.807) is 7.11 Å². The van der Waals surface area contributed by atoms with Gasteiger partial charge in [-0.1, -0.05) is 6.07 Å². The van der Waals surface area contributed by atoms with Gasteiger partial charge in [-0.25, -0.2) is 0 Å². The van der Waals surface area contributed by atoms with Crippen LogP contribution < -0.4 is 0 Å². The minimum Gasteiger partial charge on any atom is -0.383 e. The zero-order valence-electron chi connectivity index (χ0n) is 13.4. The lowest BCUT2D eigenvalue weighted by Gasteiger charge is -2.32. The number of hydrogen-bond acceptors (Lipinski definition) is 4. The lowest BCUT2D eigenvalue weighted by Crippen LogP contribution is -2.36. The Morgan fingerprint density at radius 1 is 1.32 bits per heavy atom. The van der Waals surface area contributed by atoms with Gasteiger partial charge < -0.3 is 9.64 Å². The summed E-state index contributed by atoms with van der Waals surface area (Å²) < 4.78 is 7.07. The van der Waals surface area contributed by atoms with Crippen LogP contribution in [0.5, 0.6) is 0 Å². The molecule has 1 atom stereocenters. The Morgan fingerprint density at radius 2 is 2.23 bits per heavy atom. The molecule has 0 radical (unpaired) electrons. The van der Waals surface area contributed by atoms with Crippen molar-refractivity contribution in [1.82, 2.24) is 19.7 Å². The summed E-state index contributed by atoms with van der Waals surface area (Å²) in [4.78, 5) is 7.38. The molecule has 1 saturated heterocycles. The molecule has 0 amide bonds. The normalized spacial score (nSPS) is 19.5. The van der Waals surface area contributed by atoms with Gasteiger partial charge in [0.25, 0.3) is 0 Å². The predicted octanol–water partition coefficient (Wildman–Crippen LogP) is 2.31. The maximum atomic E-state index is 5.20. The van der Waals surface area contributed by atoms with Crippen molar-refractivity contribution in [2.24, 2.45) is 7.05 Å². The number of likely N-dealkylation sites (tertiary alicyclic amines) is 1. The van der Waals surface area contributed by atoms with Gasteiger partial charge in [0.15, 0.2) is 0 Å². The quantitative estimate of drug-likeness (QED) is 0.850. The lowest BCUT2D eigenvalue weighted by atomic mass is 9.94. The van der Waals surface area contributed by atoms with Crippen molar-refractivity contribution >= 4 is 0 Å². The first kappa shape index (κ1) is 15.2. The molecular weight excluding hydrogens is 276 g/mol. The molecule has 0 spiro atoms. The fourth-order valence-corrected chi connectivity index (χ4v) is 3.17. The number of methoxy groups -OCH3 is 1. The number of hydrogen-bond donors (Lipinski definition) is 0. The van der Waals surface area contributed by atoms with Crippen LogP contribution in [-0.4, -0.2) is 53.0 Å². The Balaban J connectivity index is 1.76. The molecule has 2 aromatic heterocycles. The molecule has 0 N–H and O–H groups in total. The third kappa shape index (κ3) is 3.36. The van der Waals surface area contributed by atoms with Crippen LogP contribution in [0.1, 0.15) is 24.5 Å². The van der Waals surface area contributed by atoms with Crippen molar-refractivity contribution in [2.75, 3.05) is 33.4 Å². The maximum Gasteiger partial charge on any atom is 0.0886 e. The standard InChI is InChI=1S/C17H24N4O/c1-20-17(8-9-18-20)16-7-3-6-15(19-16)14-5-4-10-21(13-14)11-12-22-2/h3,6-9,14H,4-5,10-13H2,1-2H3/t14-/m0/s1. The summed E-state index contributed by atoms with van der Waals surface area (Å²) >= 11 is 0. The smallest absolute Gasteiger partial charge is 0.0886 e. The van der Waals surface area contributed by atoms with E-state index in [0.29, 0.717) is 5.92 Å². The second-order valence-electron chi connectivity index (χ2n) is 5.92. The van der Waals surface area contributed by atoms with Crippen LogP contribution in [0, 0.1) is 0 Å². The second kappa shape index (κ2) is 7.03. The highest BCUT2D eigenvalue weighted by atomic mass is 16.5. The fourth-order valence-electron chi connectivity index (χ4n) is 3.17. The molecule has 1 aliphatic rings. The first-order chi connectivity index (χ1) is 10.8. The van der Waals surface area contributed by atoms with Crippen molar-refractivity contribution < 1.29 is 4.74 Å². The van der Waals surface area contributed by atoms with Gasteiger partial charge in [-0.3, -0.25) is 9.67 Å². The molecule has 0 aliphatic carbocycles. The minimum atomic E-state index is 0.513. The number of nitrogens with zero attached hydrogens (tertiary/aromatic N) is 4. The van der Waals surface area contributed by atoms with E-state index in [1.807, 2.05) is 24.0 Å². The van der Waals surface area contributed by atoms with E-state index in [2.05, 4.69) is 28.2 Å². The number of ether oxygens (including phenoxy) is 1. The number of aryl methyl sites for hydroxylation is 1. The van der Waals surface area contributed by atoms with Crippen LogP contribution in [0.25, 0.3) is 11.4 Å². The molecule has 3 heterocycles. The first-order valence-corrected chi connectivity index (χ1v) is 7.94. The van der Waals surface area contributed by atoms with Crippen LogP contribution >= 0.6 is 0 Å². The highest BCUT2D eigenvalue weighted by Gasteiger charge is 2.22. The van der Waals surface area contributed by atoms with E-state index in [0.717, 1.165) is 31.1 Å². The van der Waals surface area contributed by atoms with E-state index >= 15 is 0 Å². The Bertz CT molecular complexity index is 610. The average Bonchev–Trinajstić information content (AvgIpc) is 2.99. The third-order valence-electron chi connectivity index (χ3n) is 4.39. The largest absolute Gasteiger partial charge is 0.383 e. The molecule has 1 fully saturated rings. The van der Waals surface area contributed by atoms with Gasteiger partial charge >= 0.3 is 0 Å². The van der Waals surface area contributed by atoms with Gasteiger partial charge in [0.1, 0.15) is 0 Å². The number of rotatable bonds is 5. The summed E-state index contributed by atoms with van der Waals surface area (Å²) in [5, 5.41) is 4.24. The molecule has 22 heavy (non-hydrogen) atoms. The molecule has 2 aromatic rings. The third-order valence-corrected chi connectivity index (χ3v) is 4.39. The maximum absolute atomic E-state index is 5.20. The van der Waals surface area contributed by atoms with Crippen molar-refractivity contribution in [3.8, 4) is 11.4 Å². The summed E-state index contributed by atoms with van der Waals surface area (Å²) in [7, 11) is 3.72. The van der Waals surface area contributed by atoms with E-state index in [1.165, 1.54) is 25.1 Å². The molecule has 5 nitrogen and oxygen atoms in total. The molecule has 1 aliphatic heterocycles. The van der Waals surface area contributed by atoms with E-state index < -0.39 is 0 Å². The topological polar surface area (TPSA) is 43.2 Å². The summed E-state index contributed by atoms with van der Waals surface area (Å²) in [6.45, 7) is 4.05. The summed E-state index contributed by atoms with van der Waals surface area (Å²) in [5.41, 5.74) is 3.27. The molecule has 0 unspecified atom stereocenters. The van der Waals surface area contributed by atoms with Crippen LogP contribution in [0.3, 0.4) is 0 Å². The summed E-state index contributed by atoms with van der Waals surface area (Å²) in [5.74, 6) is 0.513. The Kier molecular flexibility index (Phi) is 4.85. The molecule has 0 bridgehead atoms. The van der Waals surface area contributed by atoms with Crippen LogP contribution in [0.4, 0.5) is 0 Å². The highest BCUT2D eigenvalue weighted by Crippen LogP contribution is 2.27. The summed E-state index contributed by atoms with van der Waals surface area (Å²) in [6.07, 6.45) is 4.26. The van der Waals surface area contributed by atoms with E-state index in [4.69, 9.17) is 9.72 Å². The van der Waals surface area contributed by atoms with Crippen molar-refractivity contribution in [2.45, 2.75) is 18.8 Å². The summed E-state index contributed by atoms with van der Waals surface area (Å²) in [6, 6.07) is 8.34. The number of piperidine rings is 1. The highest BCUT2D eigenvalue weighted by molar-refractivity contribution is 5.54. The Labute approximate surface area is 131 Å². The van der Waals surface area contributed by atoms with Crippen molar-refractivity contribution in [3.05, 3.63) is 36.2 Å².